The zero-order valence-corrected chi connectivity index (χ0v) is 25.4. The molecule has 6 heterocycles. The molecule has 0 spiro atoms. The number of hydrogen-bond acceptors (Lipinski definition) is 7. The summed E-state index contributed by atoms with van der Waals surface area (Å²) in [7, 11) is 0. The van der Waals surface area contributed by atoms with Crippen LogP contribution >= 0.6 is 0 Å². The Kier molecular flexibility index (Phi) is 7.17. The van der Waals surface area contributed by atoms with Crippen molar-refractivity contribution in [2.45, 2.75) is 31.7 Å². The summed E-state index contributed by atoms with van der Waals surface area (Å²) in [6, 6.07) is 20.7. The van der Waals surface area contributed by atoms with Crippen LogP contribution in [0.4, 0.5) is 5.82 Å². The van der Waals surface area contributed by atoms with Crippen LogP contribution in [0.15, 0.2) is 75.9 Å². The molecule has 0 atom stereocenters. The summed E-state index contributed by atoms with van der Waals surface area (Å²) >= 11 is 0. The molecule has 46 heavy (non-hydrogen) atoms. The quantitative estimate of drug-likeness (QED) is 0.244. The summed E-state index contributed by atoms with van der Waals surface area (Å²) in [5.41, 5.74) is 3.04. The third-order valence-corrected chi connectivity index (χ3v) is 9.35. The first kappa shape index (κ1) is 28.3. The lowest BCUT2D eigenvalue weighted by Gasteiger charge is -2.33. The van der Waals surface area contributed by atoms with Crippen molar-refractivity contribution in [3.8, 4) is 0 Å². The molecular weight excluding hydrogens is 582 g/mol. The number of piperidine rings is 1. The number of para-hydroxylation sites is 3. The Bertz CT molecular complexity index is 2130. The van der Waals surface area contributed by atoms with E-state index in [0.29, 0.717) is 47.7 Å². The number of nitrogens with one attached hydrogen (secondary N) is 3. The molecule has 11 nitrogen and oxygen atoms in total. The van der Waals surface area contributed by atoms with Gasteiger partial charge in [0.15, 0.2) is 11.4 Å². The van der Waals surface area contributed by atoms with Crippen molar-refractivity contribution in [2.75, 3.05) is 44.2 Å². The number of H-pyrrole nitrogens is 1. The molecule has 4 aromatic heterocycles. The van der Waals surface area contributed by atoms with Crippen molar-refractivity contribution in [1.82, 2.24) is 29.9 Å². The number of amides is 2. The number of aromatic nitrogens is 3. The number of fused-ring (bicyclic) bond motifs is 6. The number of pyridine rings is 2. The second-order valence-electron chi connectivity index (χ2n) is 12.3. The van der Waals surface area contributed by atoms with E-state index >= 15 is 0 Å². The Labute approximate surface area is 264 Å². The van der Waals surface area contributed by atoms with E-state index in [9.17, 15) is 14.4 Å². The summed E-state index contributed by atoms with van der Waals surface area (Å²) in [4.78, 5) is 53.1. The molecule has 0 saturated carbocycles. The second-order valence-corrected chi connectivity index (χ2v) is 12.3. The Morgan fingerprint density at radius 1 is 0.935 bits per heavy atom. The highest BCUT2D eigenvalue weighted by molar-refractivity contribution is 6.05. The Hall–Kier alpha value is -5.16. The van der Waals surface area contributed by atoms with Crippen LogP contribution in [0, 0.1) is 0 Å². The zero-order valence-electron chi connectivity index (χ0n) is 25.4. The van der Waals surface area contributed by atoms with Crippen molar-refractivity contribution >= 4 is 56.3 Å². The highest BCUT2D eigenvalue weighted by Crippen LogP contribution is 2.26. The fourth-order valence-corrected chi connectivity index (χ4v) is 6.91. The minimum Gasteiger partial charge on any atom is -0.451 e. The highest BCUT2D eigenvalue weighted by Gasteiger charge is 2.26. The molecule has 2 aromatic carbocycles. The van der Waals surface area contributed by atoms with Crippen LogP contribution in [0.3, 0.4) is 0 Å². The van der Waals surface area contributed by atoms with Crippen LogP contribution in [0.25, 0.3) is 38.7 Å². The second kappa shape index (κ2) is 11.6. The van der Waals surface area contributed by atoms with Gasteiger partial charge in [-0.3, -0.25) is 18.8 Å². The number of hydrogen-bond donors (Lipinski definition) is 3. The molecule has 0 unspecified atom stereocenters. The van der Waals surface area contributed by atoms with E-state index in [1.54, 1.807) is 12.1 Å². The number of carbonyl (C=O) groups is 2. The molecule has 234 valence electrons. The zero-order chi connectivity index (χ0) is 31.2. The standard InChI is InChI=1S/C35H35N7O4/c43-31-24-11-12-29(41-18-13-23(14-19-41)37-34(44)28-21-22-7-1-4-10-27(22)46-28)39-32(24)42-26-9-3-2-8-25(26)38-33(42)30(31)35(45)36-15-20-40-16-5-6-17-40/h1-4,7-12,21,23,38H,5-6,13-20H2,(H,36,45)(H,37,44). The van der Waals surface area contributed by atoms with Crippen molar-refractivity contribution in [1.29, 1.82) is 0 Å². The van der Waals surface area contributed by atoms with Crippen molar-refractivity contribution in [3.63, 3.8) is 0 Å². The lowest BCUT2D eigenvalue weighted by Crippen LogP contribution is -2.45. The number of imidazole rings is 1. The van der Waals surface area contributed by atoms with Crippen LogP contribution in [0.2, 0.25) is 0 Å². The number of anilines is 1. The normalized spacial score (nSPS) is 16.2. The van der Waals surface area contributed by atoms with Crippen LogP contribution in [0.1, 0.15) is 46.6 Å². The maximum atomic E-state index is 13.9. The minimum absolute atomic E-state index is 0.00639. The number of furan rings is 1. The van der Waals surface area contributed by atoms with Crippen LogP contribution < -0.4 is 21.0 Å². The van der Waals surface area contributed by atoms with E-state index in [2.05, 4.69) is 25.4 Å². The average molecular weight is 618 g/mol. The molecule has 0 radical (unpaired) electrons. The van der Waals surface area contributed by atoms with Gasteiger partial charge in [0, 0.05) is 37.6 Å². The summed E-state index contributed by atoms with van der Waals surface area (Å²) in [5, 5.41) is 7.40. The topological polar surface area (TPSA) is 128 Å². The first-order chi connectivity index (χ1) is 22.5. The van der Waals surface area contributed by atoms with Crippen LogP contribution in [-0.4, -0.2) is 76.4 Å². The maximum absolute atomic E-state index is 13.9. The predicted molar refractivity (Wildman–Crippen MR) is 178 cm³/mol. The first-order valence-corrected chi connectivity index (χ1v) is 16.0. The average Bonchev–Trinajstić information content (AvgIpc) is 3.84. The van der Waals surface area contributed by atoms with Gasteiger partial charge in [-0.05, 0) is 75.2 Å². The SMILES string of the molecule is O=C(NC1CCN(c2ccc3c(=O)c(C(=O)NCCN4CCCC4)c4[nH]c5ccccc5n4c3n2)CC1)c1cc2ccccc2o1. The molecule has 2 amide bonds. The third-order valence-electron chi connectivity index (χ3n) is 9.35. The largest absolute Gasteiger partial charge is 0.451 e. The number of carbonyl (C=O) groups excluding carboxylic acids is 2. The molecule has 2 fully saturated rings. The molecule has 11 heteroatoms. The number of benzene rings is 2. The van der Waals surface area contributed by atoms with Gasteiger partial charge in [0.05, 0.1) is 16.4 Å². The summed E-state index contributed by atoms with van der Waals surface area (Å²) in [5.74, 6) is 0.463. The van der Waals surface area contributed by atoms with Gasteiger partial charge in [-0.25, -0.2) is 4.98 Å². The van der Waals surface area contributed by atoms with E-state index in [4.69, 9.17) is 9.40 Å². The van der Waals surface area contributed by atoms with Crippen LogP contribution in [-0.2, 0) is 0 Å². The van der Waals surface area contributed by atoms with E-state index in [-0.39, 0.29) is 28.8 Å². The molecule has 2 aliphatic heterocycles. The summed E-state index contributed by atoms with van der Waals surface area (Å²) < 4.78 is 7.64. The predicted octanol–water partition coefficient (Wildman–Crippen LogP) is 4.30. The molecule has 0 bridgehead atoms. The van der Waals surface area contributed by atoms with E-state index in [1.165, 1.54) is 12.8 Å². The monoisotopic (exact) mass is 617 g/mol. The van der Waals surface area contributed by atoms with E-state index in [1.807, 2.05) is 59.0 Å². The van der Waals surface area contributed by atoms with Gasteiger partial charge in [-0.2, -0.15) is 0 Å². The fourth-order valence-electron chi connectivity index (χ4n) is 6.91. The van der Waals surface area contributed by atoms with Gasteiger partial charge in [0.1, 0.15) is 22.6 Å². The lowest BCUT2D eigenvalue weighted by atomic mass is 10.0. The summed E-state index contributed by atoms with van der Waals surface area (Å²) in [6.45, 7) is 4.71. The Morgan fingerprint density at radius 2 is 1.72 bits per heavy atom. The van der Waals surface area contributed by atoms with Crippen molar-refractivity contribution in [3.05, 3.63) is 88.3 Å². The molecule has 0 aliphatic carbocycles. The lowest BCUT2D eigenvalue weighted by molar-refractivity contribution is 0.0904. The fraction of sp³-hybridized carbons (Fsp3) is 0.314. The minimum atomic E-state index is -0.383. The third kappa shape index (κ3) is 5.06. The number of nitrogens with zero attached hydrogens (tertiary/aromatic N) is 4. The maximum Gasteiger partial charge on any atom is 0.287 e. The van der Waals surface area contributed by atoms with Gasteiger partial charge in [0.25, 0.3) is 11.8 Å². The molecule has 6 aromatic rings. The summed E-state index contributed by atoms with van der Waals surface area (Å²) in [6.07, 6.45) is 3.85. The first-order valence-electron chi connectivity index (χ1n) is 16.0. The van der Waals surface area contributed by atoms with Crippen LogP contribution in [0.5, 0.6) is 0 Å². The highest BCUT2D eigenvalue weighted by atomic mass is 16.3. The van der Waals surface area contributed by atoms with E-state index < -0.39 is 0 Å². The van der Waals surface area contributed by atoms with Gasteiger partial charge < -0.3 is 29.8 Å². The van der Waals surface area contributed by atoms with Gasteiger partial charge in [0.2, 0.25) is 5.43 Å². The van der Waals surface area contributed by atoms with E-state index in [0.717, 1.165) is 54.7 Å². The Balaban J connectivity index is 1.05. The number of rotatable bonds is 7. The molecular formula is C35H35N7O4. The van der Waals surface area contributed by atoms with Gasteiger partial charge in [-0.1, -0.05) is 30.3 Å². The molecule has 2 saturated heterocycles. The molecule has 8 rings (SSSR count). The Morgan fingerprint density at radius 3 is 2.54 bits per heavy atom. The number of aromatic amines is 1. The van der Waals surface area contributed by atoms with Crippen molar-refractivity contribution < 1.29 is 14.0 Å². The molecule has 3 N–H and O–H groups in total. The van der Waals surface area contributed by atoms with Crippen molar-refractivity contribution in [2.24, 2.45) is 0 Å². The van der Waals surface area contributed by atoms with Gasteiger partial charge in [-0.15, -0.1) is 0 Å². The molecule has 2 aliphatic rings. The number of likely N-dealkylation sites (tertiary alicyclic amines) is 1. The van der Waals surface area contributed by atoms with Gasteiger partial charge >= 0.3 is 0 Å². The smallest absolute Gasteiger partial charge is 0.287 e.